The lowest BCUT2D eigenvalue weighted by Gasteiger charge is -2.25. The number of aliphatic hydroxyl groups excluding tert-OH is 1. The number of halogens is 1. The number of nitrogens with one attached hydrogen (secondary N) is 1. The molecule has 2 N–H and O–H groups in total. The van der Waals surface area contributed by atoms with E-state index in [0.717, 1.165) is 24.3 Å². The third kappa shape index (κ3) is 4.26. The Morgan fingerprint density at radius 2 is 1.79 bits per heavy atom. The Kier molecular flexibility index (Phi) is 6.82. The summed E-state index contributed by atoms with van der Waals surface area (Å²) in [5, 5.41) is 11.7. The highest BCUT2D eigenvalue weighted by atomic mass is 35.5. The summed E-state index contributed by atoms with van der Waals surface area (Å²) in [6.07, 6.45) is 0. The van der Waals surface area contributed by atoms with E-state index in [1.165, 1.54) is 18.1 Å². The van der Waals surface area contributed by atoms with Gasteiger partial charge in [0.1, 0.15) is 11.5 Å². The van der Waals surface area contributed by atoms with Gasteiger partial charge in [-0.05, 0) is 61.9 Å². The molecular weight excluding hydrogens is 504 g/mol. The van der Waals surface area contributed by atoms with E-state index in [-0.39, 0.29) is 22.3 Å². The number of hydrogen-bond donors (Lipinski definition) is 2. The van der Waals surface area contributed by atoms with Gasteiger partial charge < -0.3 is 19.7 Å². The Hall–Kier alpha value is -4.30. The SMILES string of the molecule is CCN(CC)c1ccc(C2/C(=C(\O)c3ccc(OC)c(Cl)c3)C(=O)C(=O)N2c2nc3ccccc3[nH]2)cc1. The molecule has 3 aromatic carbocycles. The summed E-state index contributed by atoms with van der Waals surface area (Å²) in [6.45, 7) is 5.83. The average molecular weight is 531 g/mol. The van der Waals surface area contributed by atoms with Crippen LogP contribution in [-0.4, -0.2) is 47.0 Å². The summed E-state index contributed by atoms with van der Waals surface area (Å²) in [5.41, 5.74) is 3.29. The van der Waals surface area contributed by atoms with Crippen LogP contribution in [0.1, 0.15) is 31.0 Å². The lowest BCUT2D eigenvalue weighted by Crippen LogP contribution is -2.30. The number of ketones is 1. The highest BCUT2D eigenvalue weighted by Gasteiger charge is 2.48. The molecule has 1 aliphatic heterocycles. The minimum absolute atomic E-state index is 0.0488. The minimum atomic E-state index is -0.915. The fourth-order valence-electron chi connectivity index (χ4n) is 4.85. The minimum Gasteiger partial charge on any atom is -0.507 e. The molecule has 0 radical (unpaired) electrons. The molecule has 8 nitrogen and oxygen atoms in total. The van der Waals surface area contributed by atoms with Crippen LogP contribution in [0.3, 0.4) is 0 Å². The molecule has 194 valence electrons. The predicted molar refractivity (Wildman–Crippen MR) is 149 cm³/mol. The number of benzene rings is 3. The van der Waals surface area contributed by atoms with E-state index in [1.807, 2.05) is 48.5 Å². The number of ether oxygens (including phenoxy) is 1. The van der Waals surface area contributed by atoms with E-state index in [4.69, 9.17) is 16.3 Å². The molecule has 1 aromatic heterocycles. The van der Waals surface area contributed by atoms with Gasteiger partial charge in [-0.15, -0.1) is 0 Å². The molecule has 38 heavy (non-hydrogen) atoms. The van der Waals surface area contributed by atoms with Crippen LogP contribution in [0.2, 0.25) is 5.02 Å². The summed E-state index contributed by atoms with van der Waals surface area (Å²) in [4.78, 5) is 38.2. The Morgan fingerprint density at radius 3 is 2.42 bits per heavy atom. The normalized spacial score (nSPS) is 16.8. The van der Waals surface area contributed by atoms with Crippen molar-refractivity contribution in [2.45, 2.75) is 19.9 Å². The van der Waals surface area contributed by atoms with Crippen molar-refractivity contribution in [3.8, 4) is 5.75 Å². The molecule has 5 rings (SSSR count). The summed E-state index contributed by atoms with van der Waals surface area (Å²) in [5.74, 6) is -1.28. The number of imidazole rings is 1. The fraction of sp³-hybridized carbons (Fsp3) is 0.207. The lowest BCUT2D eigenvalue weighted by atomic mass is 9.95. The quantitative estimate of drug-likeness (QED) is 0.181. The van der Waals surface area contributed by atoms with Crippen LogP contribution in [0.5, 0.6) is 5.75 Å². The molecule has 1 atom stereocenters. The van der Waals surface area contributed by atoms with Crippen LogP contribution < -0.4 is 14.5 Å². The molecule has 1 aliphatic rings. The first-order chi connectivity index (χ1) is 18.4. The van der Waals surface area contributed by atoms with Gasteiger partial charge in [-0.3, -0.25) is 14.5 Å². The molecule has 1 unspecified atom stereocenters. The number of anilines is 2. The molecule has 1 amide bonds. The molecular formula is C29H27ClN4O4. The molecule has 2 heterocycles. The zero-order valence-corrected chi connectivity index (χ0v) is 22.0. The number of para-hydroxylation sites is 2. The number of carbonyl (C=O) groups excluding carboxylic acids is 2. The molecule has 0 saturated carbocycles. The summed E-state index contributed by atoms with van der Waals surface area (Å²) in [6, 6.07) is 18.8. The molecule has 4 aromatic rings. The first-order valence-corrected chi connectivity index (χ1v) is 12.7. The number of aromatic nitrogens is 2. The molecule has 0 aliphatic carbocycles. The number of rotatable bonds is 7. The summed E-state index contributed by atoms with van der Waals surface area (Å²) < 4.78 is 5.21. The second-order valence-electron chi connectivity index (χ2n) is 8.86. The number of hydrogen-bond acceptors (Lipinski definition) is 6. The number of nitrogens with zero attached hydrogens (tertiary/aromatic N) is 3. The van der Waals surface area contributed by atoms with Crippen LogP contribution in [0.25, 0.3) is 16.8 Å². The van der Waals surface area contributed by atoms with Gasteiger partial charge in [-0.25, -0.2) is 4.98 Å². The second kappa shape index (κ2) is 10.2. The number of aliphatic hydroxyl groups is 1. The zero-order valence-electron chi connectivity index (χ0n) is 21.2. The molecule has 0 spiro atoms. The van der Waals surface area contributed by atoms with Crippen molar-refractivity contribution in [3.05, 3.63) is 88.5 Å². The van der Waals surface area contributed by atoms with Crippen molar-refractivity contribution in [1.82, 2.24) is 9.97 Å². The largest absolute Gasteiger partial charge is 0.507 e. The van der Waals surface area contributed by atoms with Gasteiger partial charge in [0.15, 0.2) is 0 Å². The van der Waals surface area contributed by atoms with Crippen LogP contribution in [0.15, 0.2) is 72.3 Å². The third-order valence-electron chi connectivity index (χ3n) is 6.81. The Labute approximate surface area is 225 Å². The monoisotopic (exact) mass is 530 g/mol. The topological polar surface area (TPSA) is 98.8 Å². The van der Waals surface area contributed by atoms with Crippen LogP contribution >= 0.6 is 11.6 Å². The Bertz CT molecular complexity index is 1520. The predicted octanol–water partition coefficient (Wildman–Crippen LogP) is 5.70. The number of Topliss-reactive ketones (excluding diaryl/α,β-unsaturated/α-hetero) is 1. The maximum absolute atomic E-state index is 13.5. The molecule has 9 heteroatoms. The van der Waals surface area contributed by atoms with Gasteiger partial charge in [0, 0.05) is 24.3 Å². The van der Waals surface area contributed by atoms with Gasteiger partial charge in [0.05, 0.1) is 34.8 Å². The van der Waals surface area contributed by atoms with Crippen LogP contribution in [-0.2, 0) is 9.59 Å². The molecule has 1 fully saturated rings. The number of H-pyrrole nitrogens is 1. The molecule has 0 bridgehead atoms. The van der Waals surface area contributed by atoms with Crippen molar-refractivity contribution >= 4 is 51.7 Å². The van der Waals surface area contributed by atoms with E-state index in [0.29, 0.717) is 22.4 Å². The van der Waals surface area contributed by atoms with E-state index in [2.05, 4.69) is 28.7 Å². The number of aromatic amines is 1. The Balaban J connectivity index is 1.69. The maximum atomic E-state index is 13.5. The van der Waals surface area contributed by atoms with Gasteiger partial charge in [-0.2, -0.15) is 0 Å². The van der Waals surface area contributed by atoms with Crippen molar-refractivity contribution in [2.24, 2.45) is 0 Å². The van der Waals surface area contributed by atoms with Crippen molar-refractivity contribution in [1.29, 1.82) is 0 Å². The first kappa shape index (κ1) is 25.4. The van der Waals surface area contributed by atoms with Crippen molar-refractivity contribution < 1.29 is 19.4 Å². The van der Waals surface area contributed by atoms with E-state index < -0.39 is 17.7 Å². The van der Waals surface area contributed by atoms with E-state index in [1.54, 1.807) is 12.1 Å². The Morgan fingerprint density at radius 1 is 1.08 bits per heavy atom. The van der Waals surface area contributed by atoms with Gasteiger partial charge >= 0.3 is 5.91 Å². The second-order valence-corrected chi connectivity index (χ2v) is 9.27. The van der Waals surface area contributed by atoms with Crippen LogP contribution in [0.4, 0.5) is 11.6 Å². The highest BCUT2D eigenvalue weighted by molar-refractivity contribution is 6.51. The number of methoxy groups -OCH3 is 1. The average Bonchev–Trinajstić information content (AvgIpc) is 3.47. The number of fused-ring (bicyclic) bond motifs is 1. The van der Waals surface area contributed by atoms with Gasteiger partial charge in [-0.1, -0.05) is 35.9 Å². The van der Waals surface area contributed by atoms with Gasteiger partial charge in [0.25, 0.3) is 5.78 Å². The first-order valence-electron chi connectivity index (χ1n) is 12.3. The van der Waals surface area contributed by atoms with Gasteiger partial charge in [0.2, 0.25) is 5.95 Å². The van der Waals surface area contributed by atoms with E-state index in [9.17, 15) is 14.7 Å². The molecule has 1 saturated heterocycles. The van der Waals surface area contributed by atoms with Crippen LogP contribution in [0, 0.1) is 0 Å². The summed E-state index contributed by atoms with van der Waals surface area (Å²) >= 11 is 6.30. The lowest BCUT2D eigenvalue weighted by molar-refractivity contribution is -0.132. The third-order valence-corrected chi connectivity index (χ3v) is 7.11. The zero-order chi connectivity index (χ0) is 27.0. The van der Waals surface area contributed by atoms with Crippen molar-refractivity contribution in [2.75, 3.05) is 30.0 Å². The number of amides is 1. The van der Waals surface area contributed by atoms with E-state index >= 15 is 0 Å². The smallest absolute Gasteiger partial charge is 0.302 e. The highest BCUT2D eigenvalue weighted by Crippen LogP contribution is 2.42. The number of carbonyl (C=O) groups is 2. The van der Waals surface area contributed by atoms with Crippen molar-refractivity contribution in [3.63, 3.8) is 0 Å². The standard InChI is InChI=1S/C29H27ClN4O4/c1-4-33(5-2)19-13-10-17(11-14-19)25-24(26(35)18-12-15-23(38-3)20(30)16-18)27(36)28(37)34(25)29-31-21-8-6-7-9-22(21)32-29/h6-16,25,35H,4-5H2,1-3H3,(H,31,32)/b26-24+. The fourth-order valence-corrected chi connectivity index (χ4v) is 5.10. The maximum Gasteiger partial charge on any atom is 0.302 e. The summed E-state index contributed by atoms with van der Waals surface area (Å²) in [7, 11) is 1.49.